The summed E-state index contributed by atoms with van der Waals surface area (Å²) in [6, 6.07) is 32.5. The van der Waals surface area contributed by atoms with Crippen LogP contribution in [-0.4, -0.2) is 76.1 Å². The summed E-state index contributed by atoms with van der Waals surface area (Å²) in [5, 5.41) is 25.2. The fourth-order valence-corrected chi connectivity index (χ4v) is 9.98. The molecule has 0 fully saturated rings. The standard InChI is InChI=1S/C30H26N6O4.C26H24N2O8S2/c37-27-23-3-1-4-24(35-23)28(38)32-16-20-9-13-22(14-10-20)18-34-30(40)26-6-2-5-25(36-26)29(39)33-17-21-11-7-19(8-12-21)15-31-27;1-25(2)17-9-13(37(31,32)33)5-7-19(17)27-21(25)11-15-23(29)16(24(15)30)12-22-26(3,4)18-10-14(38(34,35)36)6-8-20(18)28-22/h1-14H,15-18H2,(H,31,37)(H,32,38)(H,33,39)(H,34,40);5-12,27,29H,1-4H3,(H,31,32,33)(H,34,35,36)/p+1/b;16-12-,21-11+. The maximum Gasteiger partial charge on any atom is 0.294 e. The fourth-order valence-electron chi connectivity index (χ4n) is 8.96. The molecule has 8 bridgehead atoms. The number of carbonyl (C=O) groups excluding carboxylic acids is 5. The molecule has 13 rings (SSSR count). The molecule has 4 aromatic carbocycles. The van der Waals surface area contributed by atoms with E-state index in [1.54, 1.807) is 36.4 Å². The molecular formula is C56H51N8O12S2+. The highest BCUT2D eigenvalue weighted by Crippen LogP contribution is 2.46. The molecule has 78 heavy (non-hydrogen) atoms. The number of aromatic nitrogens is 2. The lowest BCUT2D eigenvalue weighted by Gasteiger charge is -2.24. The van der Waals surface area contributed by atoms with E-state index >= 15 is 0 Å². The van der Waals surface area contributed by atoms with Crippen molar-refractivity contribution in [2.75, 3.05) is 5.32 Å². The Morgan fingerprint density at radius 1 is 0.526 bits per heavy atom. The first-order chi connectivity index (χ1) is 36.9. The van der Waals surface area contributed by atoms with E-state index in [9.17, 15) is 55.0 Å². The summed E-state index contributed by atoms with van der Waals surface area (Å²) in [5.74, 6) is -2.21. The number of Topliss-reactive ketones (excluding diaryl/α,β-unsaturated/α-hetero) is 1. The summed E-state index contributed by atoms with van der Waals surface area (Å²) in [4.78, 5) is 74.9. The van der Waals surface area contributed by atoms with Crippen LogP contribution in [0.3, 0.4) is 0 Å². The van der Waals surface area contributed by atoms with Gasteiger partial charge in [-0.3, -0.25) is 33.1 Å². The van der Waals surface area contributed by atoms with E-state index in [-0.39, 0.29) is 75.7 Å². The Kier molecular flexibility index (Phi) is 14.4. The van der Waals surface area contributed by atoms with Gasteiger partial charge < -0.3 is 31.7 Å². The summed E-state index contributed by atoms with van der Waals surface area (Å²) in [6.45, 7) is 8.33. The predicted octanol–water partition coefficient (Wildman–Crippen LogP) is 4.74. The molecule has 20 nitrogen and oxygen atoms in total. The van der Waals surface area contributed by atoms with Crippen molar-refractivity contribution >= 4 is 66.7 Å². The Balaban J connectivity index is 0.000000190. The van der Waals surface area contributed by atoms with Gasteiger partial charge in [-0.1, -0.05) is 74.5 Å². The summed E-state index contributed by atoms with van der Waals surface area (Å²) in [7, 11) is -8.79. The van der Waals surface area contributed by atoms with Crippen LogP contribution < -0.4 is 31.6 Å². The molecule has 2 aromatic heterocycles. The van der Waals surface area contributed by atoms with Crippen molar-refractivity contribution in [3.05, 3.63) is 212 Å². The highest BCUT2D eigenvalue weighted by atomic mass is 32.2. The summed E-state index contributed by atoms with van der Waals surface area (Å²) in [6.07, 6.45) is 3.04. The molecule has 6 aromatic rings. The Hall–Kier alpha value is -8.96. The molecule has 6 aliphatic heterocycles. The number of hydrogen-bond acceptors (Lipinski definition) is 13. The Morgan fingerprint density at radius 2 is 0.923 bits per heavy atom. The highest BCUT2D eigenvalue weighted by molar-refractivity contribution is 7.86. The van der Waals surface area contributed by atoms with Gasteiger partial charge in [-0.25, -0.2) is 15.0 Å². The van der Waals surface area contributed by atoms with Crippen LogP contribution in [0.1, 0.15) is 103 Å². The zero-order valence-electron chi connectivity index (χ0n) is 42.3. The third-order valence-electron chi connectivity index (χ3n) is 13.7. The SMILES string of the molecule is CC1(C)C(/C=C2\C(=O)C(/C=C3/Nc4ccc(S(=O)(=O)O)cc4C3(C)C)=C2O)=[NH+]c2ccc(S(=O)(=O)O)cc21.O=C1NCc2ccc(cc2)CNC(=O)c2cccc(n2)C(=O)NCc2ccc(cc2)CNC(=O)c2cccc1n2. The average molecular weight is 1090 g/mol. The quantitative estimate of drug-likeness (QED) is 0.0851. The third kappa shape index (κ3) is 11.3. The number of hydrogen-bond donors (Lipinski definition) is 9. The van der Waals surface area contributed by atoms with Crippen LogP contribution in [0, 0.1) is 0 Å². The Labute approximate surface area is 448 Å². The minimum atomic E-state index is -4.39. The van der Waals surface area contributed by atoms with Gasteiger partial charge in [0.2, 0.25) is 11.5 Å². The minimum Gasteiger partial charge on any atom is -0.506 e. The van der Waals surface area contributed by atoms with Gasteiger partial charge in [-0.2, -0.15) is 16.8 Å². The van der Waals surface area contributed by atoms with E-state index in [1.807, 2.05) is 76.2 Å². The number of nitrogens with one attached hydrogen (secondary N) is 6. The number of nitrogens with zero attached hydrogens (tertiary/aromatic N) is 2. The second-order valence-corrected chi connectivity index (χ2v) is 22.5. The minimum absolute atomic E-state index is 0.0808. The number of pyridine rings is 2. The Bertz CT molecular complexity index is 3660. The lowest BCUT2D eigenvalue weighted by atomic mass is 9.77. The Morgan fingerprint density at radius 3 is 1.32 bits per heavy atom. The van der Waals surface area contributed by atoms with Crippen molar-refractivity contribution in [3.8, 4) is 0 Å². The zero-order chi connectivity index (χ0) is 55.9. The maximum atomic E-state index is 13.1. The molecule has 0 atom stereocenters. The van der Waals surface area contributed by atoms with Crippen LogP contribution in [0.2, 0.25) is 0 Å². The van der Waals surface area contributed by atoms with Crippen LogP contribution >= 0.6 is 0 Å². The molecule has 9 N–H and O–H groups in total. The molecule has 22 heteroatoms. The van der Waals surface area contributed by atoms with Crippen molar-refractivity contribution in [1.29, 1.82) is 0 Å². The fraction of sp³-hybridized carbons (Fsp3) is 0.179. The van der Waals surface area contributed by atoms with E-state index in [0.29, 0.717) is 33.9 Å². The van der Waals surface area contributed by atoms with Gasteiger partial charge in [0.1, 0.15) is 28.5 Å². The van der Waals surface area contributed by atoms with Crippen LogP contribution in [0.15, 0.2) is 166 Å². The van der Waals surface area contributed by atoms with Gasteiger partial charge in [0, 0.05) is 60.7 Å². The predicted molar refractivity (Wildman–Crippen MR) is 285 cm³/mol. The van der Waals surface area contributed by atoms with Crippen molar-refractivity contribution in [2.45, 2.75) is 74.5 Å². The van der Waals surface area contributed by atoms with E-state index in [0.717, 1.165) is 22.3 Å². The molecule has 7 aliphatic rings. The number of aliphatic hydroxyl groups is 1. The summed E-state index contributed by atoms with van der Waals surface area (Å²) >= 11 is 0. The molecule has 0 saturated carbocycles. The van der Waals surface area contributed by atoms with Gasteiger partial charge in [0.25, 0.3) is 43.9 Å². The number of ketones is 1. The molecule has 0 unspecified atom stereocenters. The summed E-state index contributed by atoms with van der Waals surface area (Å²) in [5.41, 5.74) is 6.18. The summed E-state index contributed by atoms with van der Waals surface area (Å²) < 4.78 is 65.2. The van der Waals surface area contributed by atoms with E-state index in [2.05, 4.69) is 41.5 Å². The van der Waals surface area contributed by atoms with Gasteiger partial charge in [-0.15, -0.1) is 0 Å². The second kappa shape index (κ2) is 20.9. The topological polar surface area (TPSA) is 314 Å². The number of anilines is 1. The van der Waals surface area contributed by atoms with E-state index in [4.69, 9.17) is 0 Å². The second-order valence-electron chi connectivity index (χ2n) is 19.7. The van der Waals surface area contributed by atoms with Crippen molar-refractivity contribution in [2.24, 2.45) is 0 Å². The molecule has 1 aliphatic carbocycles. The first-order valence-corrected chi connectivity index (χ1v) is 27.0. The first-order valence-electron chi connectivity index (χ1n) is 24.2. The number of carbonyl (C=O) groups is 5. The number of aliphatic hydroxyl groups excluding tert-OH is 1. The lowest BCUT2D eigenvalue weighted by molar-refractivity contribution is -0.349. The smallest absolute Gasteiger partial charge is 0.294 e. The average Bonchev–Trinajstić information content (AvgIpc) is 4.06. The lowest BCUT2D eigenvalue weighted by Crippen LogP contribution is -2.65. The molecule has 8 heterocycles. The largest absolute Gasteiger partial charge is 0.506 e. The number of rotatable bonds is 4. The molecule has 0 radical (unpaired) electrons. The van der Waals surface area contributed by atoms with Gasteiger partial charge in [-0.05, 0) is 102 Å². The van der Waals surface area contributed by atoms with Crippen LogP contribution in [0.25, 0.3) is 0 Å². The van der Waals surface area contributed by atoms with Crippen LogP contribution in [-0.2, 0) is 62.0 Å². The molecule has 398 valence electrons. The van der Waals surface area contributed by atoms with Gasteiger partial charge in [0.05, 0.1) is 26.4 Å². The monoisotopic (exact) mass is 1090 g/mol. The van der Waals surface area contributed by atoms with Crippen molar-refractivity contribution in [3.63, 3.8) is 0 Å². The normalized spacial score (nSPS) is 18.1. The molecule has 4 amide bonds. The van der Waals surface area contributed by atoms with Crippen LogP contribution in [0.4, 0.5) is 11.4 Å². The first kappa shape index (κ1) is 53.9. The van der Waals surface area contributed by atoms with Gasteiger partial charge in [0.15, 0.2) is 5.71 Å². The number of allylic oxidation sites excluding steroid dienone is 5. The number of amides is 4. The van der Waals surface area contributed by atoms with Crippen LogP contribution in [0.5, 0.6) is 0 Å². The number of benzene rings is 4. The maximum absolute atomic E-state index is 13.1. The zero-order valence-corrected chi connectivity index (χ0v) is 43.9. The van der Waals surface area contributed by atoms with Crippen molar-refractivity contribution < 1.29 is 60.0 Å². The van der Waals surface area contributed by atoms with E-state index < -0.39 is 60.5 Å². The molecule has 0 saturated heterocycles. The van der Waals surface area contributed by atoms with Gasteiger partial charge >= 0.3 is 0 Å². The molecular weight excluding hydrogens is 1040 g/mol. The third-order valence-corrected chi connectivity index (χ3v) is 15.4. The van der Waals surface area contributed by atoms with Crippen molar-refractivity contribution in [1.82, 2.24) is 31.2 Å². The highest BCUT2D eigenvalue weighted by Gasteiger charge is 2.44. The van der Waals surface area contributed by atoms with E-state index in [1.165, 1.54) is 48.6 Å². The number of fused-ring (bicyclic) bond motifs is 2. The molecule has 0 spiro atoms.